The summed E-state index contributed by atoms with van der Waals surface area (Å²) in [5.74, 6) is 0. The van der Waals surface area contributed by atoms with Crippen molar-refractivity contribution in [3.8, 4) is 0 Å². The largest absolute Gasteiger partial charge is 0.400 e. The normalized spacial score (nSPS) is 10.5. The van der Waals surface area contributed by atoms with Gasteiger partial charge in [0.05, 0.1) is 0 Å². The van der Waals surface area contributed by atoms with Crippen molar-refractivity contribution in [2.75, 3.05) is 14.2 Å². The summed E-state index contributed by atoms with van der Waals surface area (Å²) in [7, 11) is 2.18. The van der Waals surface area contributed by atoms with E-state index in [0.717, 1.165) is 7.11 Å². The molecule has 0 unspecified atom stereocenters. The summed E-state index contributed by atoms with van der Waals surface area (Å²) in [4.78, 5) is 0. The minimum absolute atomic E-state index is 1.00. The highest BCUT2D eigenvalue weighted by molar-refractivity contribution is 8.24. The van der Waals surface area contributed by atoms with Gasteiger partial charge in [0.2, 0.25) is 0 Å². The maximum atomic E-state index is 9.89. The van der Waals surface area contributed by atoms with Crippen molar-refractivity contribution < 1.29 is 18.8 Å². The van der Waals surface area contributed by atoms with Gasteiger partial charge < -0.3 is 9.63 Å². The van der Waals surface area contributed by atoms with Crippen molar-refractivity contribution in [3.05, 3.63) is 0 Å². The van der Waals surface area contributed by atoms with Crippen LogP contribution in [0, 0.1) is 0 Å². The number of halogens is 5. The van der Waals surface area contributed by atoms with Gasteiger partial charge in [0, 0.05) is 14.2 Å². The van der Waals surface area contributed by atoms with Crippen LogP contribution >= 0.6 is 67.5 Å². The smallest absolute Gasteiger partial charge is 0.379 e. The highest BCUT2D eigenvalue weighted by Gasteiger charge is 2.08. The van der Waals surface area contributed by atoms with Crippen LogP contribution in [0.15, 0.2) is 0 Å². The lowest BCUT2D eigenvalue weighted by atomic mass is 11.8. The average molecular weight is 334 g/mol. The van der Waals surface area contributed by atoms with Crippen LogP contribution in [0.2, 0.25) is 0 Å². The standard InChI is InChI=1S/CH3Cl2O2P.CH4O.Cl3OP/c1-5-6(2,3)4;1-2;1-5(2,3)4/h1H3;2H,1H3;. The molecule has 0 heterocycles. The van der Waals surface area contributed by atoms with Gasteiger partial charge in [0.25, 0.3) is 0 Å². The van der Waals surface area contributed by atoms with E-state index < -0.39 is 11.3 Å². The minimum Gasteiger partial charge on any atom is -0.400 e. The Labute approximate surface area is 100 Å². The molecule has 1 N–H and O–H groups in total. The molecule has 0 aliphatic carbocycles. The number of aliphatic hydroxyl groups is 1. The summed E-state index contributed by atoms with van der Waals surface area (Å²) >= 11 is 23.5. The van der Waals surface area contributed by atoms with E-state index >= 15 is 0 Å². The Bertz CT molecular complexity index is 177. The Hall–Kier alpha value is 1.83. The van der Waals surface area contributed by atoms with Crippen molar-refractivity contribution in [2.24, 2.45) is 0 Å². The number of rotatable bonds is 1. The summed E-state index contributed by atoms with van der Waals surface area (Å²) in [6.45, 7) is 0. The summed E-state index contributed by atoms with van der Waals surface area (Å²) < 4.78 is 23.4. The SMILES string of the molecule is CO.COP(=O)(Cl)Cl.O=P(Cl)(Cl)Cl. The fraction of sp³-hybridized carbons (Fsp3) is 1.00. The molecular weight excluding hydrogens is 327 g/mol. The van der Waals surface area contributed by atoms with E-state index in [1.807, 2.05) is 0 Å². The molecule has 0 amide bonds. The topological polar surface area (TPSA) is 63.6 Å². The van der Waals surface area contributed by atoms with Gasteiger partial charge >= 0.3 is 11.3 Å². The highest BCUT2D eigenvalue weighted by Crippen LogP contribution is 2.61. The van der Waals surface area contributed by atoms with Crippen molar-refractivity contribution in [3.63, 3.8) is 0 Å². The lowest BCUT2D eigenvalue weighted by Gasteiger charge is -1.90. The summed E-state index contributed by atoms with van der Waals surface area (Å²) in [6.07, 6.45) is -3.20. The summed E-state index contributed by atoms with van der Waals surface area (Å²) in [5.41, 5.74) is 0. The van der Waals surface area contributed by atoms with Gasteiger partial charge in [0.15, 0.2) is 0 Å². The highest BCUT2D eigenvalue weighted by atomic mass is 36.0. The summed E-state index contributed by atoms with van der Waals surface area (Å²) in [6, 6.07) is 0. The minimum atomic E-state index is -3.22. The fourth-order valence-corrected chi connectivity index (χ4v) is 0. The summed E-state index contributed by atoms with van der Waals surface area (Å²) in [5, 5.41) is 3.78. The Kier molecular flexibility index (Phi) is 16.1. The van der Waals surface area contributed by atoms with Crippen LogP contribution in [0.4, 0.5) is 0 Å². The van der Waals surface area contributed by atoms with E-state index in [1.54, 1.807) is 0 Å². The molecule has 13 heavy (non-hydrogen) atoms. The first-order valence-electron chi connectivity index (χ1n) is 2.25. The van der Waals surface area contributed by atoms with Crippen LogP contribution < -0.4 is 0 Å². The number of aliphatic hydroxyl groups excluding tert-OH is 1. The molecule has 0 radical (unpaired) electrons. The molecule has 0 aliphatic rings. The first-order chi connectivity index (χ1) is 5.56. The van der Waals surface area contributed by atoms with Crippen LogP contribution in [0.5, 0.6) is 0 Å². The lowest BCUT2D eigenvalue weighted by Crippen LogP contribution is -1.59. The van der Waals surface area contributed by atoms with Crippen molar-refractivity contribution >= 4 is 67.5 Å². The molecule has 0 atom stereocenters. The van der Waals surface area contributed by atoms with E-state index in [-0.39, 0.29) is 0 Å². The molecule has 0 saturated heterocycles. The van der Waals surface area contributed by atoms with Crippen LogP contribution in [-0.2, 0) is 13.7 Å². The maximum absolute atomic E-state index is 9.89. The maximum Gasteiger partial charge on any atom is 0.379 e. The van der Waals surface area contributed by atoms with Gasteiger partial charge in [-0.05, 0) is 56.2 Å². The third-order valence-corrected chi connectivity index (χ3v) is 1.47. The molecule has 0 saturated carbocycles. The van der Waals surface area contributed by atoms with Crippen LogP contribution in [0.25, 0.3) is 0 Å². The molecular formula is C2H7Cl5O4P2. The van der Waals surface area contributed by atoms with Gasteiger partial charge in [0.1, 0.15) is 0 Å². The quantitative estimate of drug-likeness (QED) is 0.710. The van der Waals surface area contributed by atoms with Gasteiger partial charge in [-0.3, -0.25) is 9.13 Å². The van der Waals surface area contributed by atoms with Crippen molar-refractivity contribution in [1.29, 1.82) is 0 Å². The van der Waals surface area contributed by atoms with E-state index in [0.29, 0.717) is 0 Å². The molecule has 11 heteroatoms. The van der Waals surface area contributed by atoms with Crippen LogP contribution in [0.1, 0.15) is 0 Å². The van der Waals surface area contributed by atoms with Crippen molar-refractivity contribution in [1.82, 2.24) is 0 Å². The Morgan fingerprint density at radius 1 is 1.00 bits per heavy atom. The van der Waals surface area contributed by atoms with E-state index in [4.69, 9.17) is 27.6 Å². The molecule has 0 spiro atoms. The van der Waals surface area contributed by atoms with E-state index in [9.17, 15) is 9.13 Å². The lowest BCUT2D eigenvalue weighted by molar-refractivity contribution is 0.399. The first kappa shape index (κ1) is 20.3. The van der Waals surface area contributed by atoms with Crippen molar-refractivity contribution in [2.45, 2.75) is 0 Å². The molecule has 4 nitrogen and oxygen atoms in total. The third kappa shape index (κ3) is 83.0. The second kappa shape index (κ2) is 10.4. The molecule has 0 aromatic heterocycles. The van der Waals surface area contributed by atoms with Gasteiger partial charge in [-0.2, -0.15) is 0 Å². The van der Waals surface area contributed by atoms with Crippen LogP contribution in [0.3, 0.4) is 0 Å². The number of hydrogen-bond donors (Lipinski definition) is 1. The van der Waals surface area contributed by atoms with Gasteiger partial charge in [-0.15, -0.1) is 0 Å². The first-order valence-corrected chi connectivity index (χ1v) is 10.1. The zero-order chi connectivity index (χ0) is 11.7. The molecule has 0 bridgehead atoms. The Balaban J connectivity index is -0.000000131. The fourth-order valence-electron chi connectivity index (χ4n) is 0. The zero-order valence-electron chi connectivity index (χ0n) is 6.46. The number of hydrogen-bond acceptors (Lipinski definition) is 4. The van der Waals surface area contributed by atoms with E-state index in [1.165, 1.54) is 7.11 Å². The molecule has 0 aromatic rings. The molecule has 84 valence electrons. The van der Waals surface area contributed by atoms with Gasteiger partial charge in [-0.1, -0.05) is 0 Å². The second-order valence-corrected chi connectivity index (χ2v) is 12.0. The van der Waals surface area contributed by atoms with E-state index in [2.05, 4.69) is 38.2 Å². The third-order valence-electron chi connectivity index (χ3n) is 0.213. The van der Waals surface area contributed by atoms with Crippen LogP contribution in [-0.4, -0.2) is 19.3 Å². The molecule has 0 rings (SSSR count). The average Bonchev–Trinajstić information content (AvgIpc) is 1.87. The molecule has 0 aromatic carbocycles. The predicted octanol–water partition coefficient (Wildman–Crippen LogP) is 4.64. The van der Waals surface area contributed by atoms with Gasteiger partial charge in [-0.25, -0.2) is 0 Å². The Morgan fingerprint density at radius 2 is 1.08 bits per heavy atom. The zero-order valence-corrected chi connectivity index (χ0v) is 12.0. The monoisotopic (exact) mass is 332 g/mol. The predicted molar refractivity (Wildman–Crippen MR) is 59.6 cm³/mol. The molecule has 0 fully saturated rings. The Morgan fingerprint density at radius 3 is 1.08 bits per heavy atom. The second-order valence-electron chi connectivity index (χ2n) is 0.996. The molecule has 0 aliphatic heterocycles.